The molecule has 17 heavy (non-hydrogen) atoms. The smallest absolute Gasteiger partial charge is 0.198 e. The van der Waals surface area contributed by atoms with Gasteiger partial charge in [-0.2, -0.15) is 5.10 Å². The van der Waals surface area contributed by atoms with Crippen molar-refractivity contribution in [2.75, 3.05) is 0 Å². The molecule has 0 aliphatic carbocycles. The summed E-state index contributed by atoms with van der Waals surface area (Å²) < 4.78 is 1.59. The highest BCUT2D eigenvalue weighted by molar-refractivity contribution is 6.12. The van der Waals surface area contributed by atoms with Crippen molar-refractivity contribution in [1.82, 2.24) is 14.6 Å². The molecule has 1 aromatic carbocycles. The van der Waals surface area contributed by atoms with Crippen LogP contribution in [0.25, 0.3) is 5.65 Å². The Balaban J connectivity index is 2.14. The molecule has 0 N–H and O–H groups in total. The van der Waals surface area contributed by atoms with Crippen molar-refractivity contribution >= 4 is 11.4 Å². The Bertz CT molecular complexity index is 673. The number of fused-ring (bicyclic) bond motifs is 1. The van der Waals surface area contributed by atoms with Crippen LogP contribution >= 0.6 is 0 Å². The Hall–Kier alpha value is -2.49. The zero-order valence-electron chi connectivity index (χ0n) is 8.95. The number of rotatable bonds is 2. The lowest BCUT2D eigenvalue weighted by atomic mass is 10.1. The maximum atomic E-state index is 12.2. The van der Waals surface area contributed by atoms with Crippen molar-refractivity contribution in [3.8, 4) is 0 Å². The Morgan fingerprint density at radius 3 is 2.76 bits per heavy atom. The summed E-state index contributed by atoms with van der Waals surface area (Å²) in [7, 11) is 0. The second-order valence-electron chi connectivity index (χ2n) is 3.64. The molecule has 3 aromatic rings. The van der Waals surface area contributed by atoms with Crippen molar-refractivity contribution in [3.63, 3.8) is 0 Å². The first kappa shape index (κ1) is 9.72. The number of aromatic nitrogens is 3. The van der Waals surface area contributed by atoms with Crippen LogP contribution in [0.15, 0.2) is 55.0 Å². The number of ketones is 1. The average molecular weight is 223 g/mol. The van der Waals surface area contributed by atoms with Gasteiger partial charge in [0, 0.05) is 18.0 Å². The number of hydrogen-bond donors (Lipinski definition) is 0. The summed E-state index contributed by atoms with van der Waals surface area (Å²) >= 11 is 0. The van der Waals surface area contributed by atoms with Crippen LogP contribution in [-0.4, -0.2) is 20.4 Å². The van der Waals surface area contributed by atoms with Crippen LogP contribution in [-0.2, 0) is 0 Å². The van der Waals surface area contributed by atoms with Crippen molar-refractivity contribution in [2.24, 2.45) is 0 Å². The lowest BCUT2D eigenvalue weighted by molar-refractivity contribution is 0.104. The maximum Gasteiger partial charge on any atom is 0.198 e. The minimum Gasteiger partial charge on any atom is -0.288 e. The van der Waals surface area contributed by atoms with Gasteiger partial charge in [-0.15, -0.1) is 0 Å². The van der Waals surface area contributed by atoms with E-state index in [1.54, 1.807) is 41.3 Å². The van der Waals surface area contributed by atoms with E-state index in [4.69, 9.17) is 0 Å². The van der Waals surface area contributed by atoms with Gasteiger partial charge in [-0.3, -0.25) is 4.79 Å². The maximum absolute atomic E-state index is 12.2. The third-order valence-corrected chi connectivity index (χ3v) is 2.56. The van der Waals surface area contributed by atoms with E-state index in [0.29, 0.717) is 16.8 Å². The van der Waals surface area contributed by atoms with E-state index in [0.717, 1.165) is 0 Å². The lowest BCUT2D eigenvalue weighted by Crippen LogP contribution is -2.01. The van der Waals surface area contributed by atoms with E-state index >= 15 is 0 Å². The Morgan fingerprint density at radius 1 is 1.12 bits per heavy atom. The highest BCUT2D eigenvalue weighted by Gasteiger charge is 2.14. The van der Waals surface area contributed by atoms with Crippen LogP contribution in [0, 0.1) is 0 Å². The standard InChI is InChI=1S/C13H9N3O/c17-12(10-5-2-1-3-6-10)11-9-15-16-8-4-7-14-13(11)16/h1-9H. The Morgan fingerprint density at radius 2 is 1.94 bits per heavy atom. The van der Waals surface area contributed by atoms with Gasteiger partial charge in [0.05, 0.1) is 11.8 Å². The SMILES string of the molecule is O=C(c1ccccc1)c1cnn2cccnc12. The van der Waals surface area contributed by atoms with Gasteiger partial charge in [-0.1, -0.05) is 30.3 Å². The normalized spacial score (nSPS) is 10.6. The summed E-state index contributed by atoms with van der Waals surface area (Å²) in [6.07, 6.45) is 4.97. The molecule has 0 fully saturated rings. The molecule has 4 heteroatoms. The van der Waals surface area contributed by atoms with Crippen LogP contribution in [0.1, 0.15) is 15.9 Å². The number of carbonyl (C=O) groups excluding carboxylic acids is 1. The Kier molecular flexibility index (Phi) is 2.19. The predicted molar refractivity (Wildman–Crippen MR) is 62.9 cm³/mol. The number of benzene rings is 1. The molecule has 0 unspecified atom stereocenters. The fourth-order valence-corrected chi connectivity index (χ4v) is 1.73. The molecule has 0 aliphatic heterocycles. The molecule has 0 aliphatic rings. The molecule has 0 saturated carbocycles. The van der Waals surface area contributed by atoms with Crippen LogP contribution < -0.4 is 0 Å². The zero-order chi connectivity index (χ0) is 11.7. The first-order valence-corrected chi connectivity index (χ1v) is 5.24. The first-order valence-electron chi connectivity index (χ1n) is 5.24. The minimum absolute atomic E-state index is 0.0562. The third kappa shape index (κ3) is 1.59. The summed E-state index contributed by atoms with van der Waals surface area (Å²) in [4.78, 5) is 16.4. The van der Waals surface area contributed by atoms with Gasteiger partial charge in [0.1, 0.15) is 0 Å². The molecule has 2 heterocycles. The van der Waals surface area contributed by atoms with Crippen LogP contribution in [0.2, 0.25) is 0 Å². The second-order valence-corrected chi connectivity index (χ2v) is 3.64. The van der Waals surface area contributed by atoms with Gasteiger partial charge in [0.15, 0.2) is 11.4 Å². The van der Waals surface area contributed by atoms with E-state index in [2.05, 4.69) is 10.1 Å². The molecule has 0 atom stereocenters. The fraction of sp³-hybridized carbons (Fsp3) is 0. The van der Waals surface area contributed by atoms with E-state index in [1.807, 2.05) is 18.2 Å². The summed E-state index contributed by atoms with van der Waals surface area (Å²) in [5, 5.41) is 4.10. The van der Waals surface area contributed by atoms with Gasteiger partial charge in [0.2, 0.25) is 0 Å². The summed E-state index contributed by atoms with van der Waals surface area (Å²) in [6.45, 7) is 0. The summed E-state index contributed by atoms with van der Waals surface area (Å²) in [5.74, 6) is -0.0562. The van der Waals surface area contributed by atoms with Crippen molar-refractivity contribution in [3.05, 3.63) is 66.1 Å². The summed E-state index contributed by atoms with van der Waals surface area (Å²) in [5.41, 5.74) is 1.76. The van der Waals surface area contributed by atoms with Gasteiger partial charge < -0.3 is 0 Å². The molecule has 0 saturated heterocycles. The molecule has 82 valence electrons. The lowest BCUT2D eigenvalue weighted by Gasteiger charge is -1.97. The summed E-state index contributed by atoms with van der Waals surface area (Å²) in [6, 6.07) is 10.9. The molecule has 0 amide bonds. The number of carbonyl (C=O) groups is 1. The molecule has 0 spiro atoms. The van der Waals surface area contributed by atoms with Crippen LogP contribution in [0.5, 0.6) is 0 Å². The van der Waals surface area contributed by atoms with Gasteiger partial charge in [-0.25, -0.2) is 9.50 Å². The molecule has 2 aromatic heterocycles. The molecule has 4 nitrogen and oxygen atoms in total. The van der Waals surface area contributed by atoms with Gasteiger partial charge in [0.25, 0.3) is 0 Å². The molecule has 0 radical (unpaired) electrons. The number of hydrogen-bond acceptors (Lipinski definition) is 3. The second kappa shape index (κ2) is 3.83. The van der Waals surface area contributed by atoms with E-state index < -0.39 is 0 Å². The van der Waals surface area contributed by atoms with Crippen molar-refractivity contribution in [1.29, 1.82) is 0 Å². The van der Waals surface area contributed by atoms with Gasteiger partial charge in [-0.05, 0) is 6.07 Å². The highest BCUT2D eigenvalue weighted by atomic mass is 16.1. The highest BCUT2D eigenvalue weighted by Crippen LogP contribution is 2.13. The van der Waals surface area contributed by atoms with E-state index in [-0.39, 0.29) is 5.78 Å². The molecule has 0 bridgehead atoms. The Labute approximate surface area is 97.5 Å². The number of nitrogens with zero attached hydrogens (tertiary/aromatic N) is 3. The van der Waals surface area contributed by atoms with Gasteiger partial charge >= 0.3 is 0 Å². The minimum atomic E-state index is -0.0562. The molecular formula is C13H9N3O. The van der Waals surface area contributed by atoms with Crippen LogP contribution in [0.4, 0.5) is 0 Å². The molecule has 3 rings (SSSR count). The quantitative estimate of drug-likeness (QED) is 0.624. The zero-order valence-corrected chi connectivity index (χ0v) is 8.95. The third-order valence-electron chi connectivity index (χ3n) is 2.56. The predicted octanol–water partition coefficient (Wildman–Crippen LogP) is 1.96. The fourth-order valence-electron chi connectivity index (χ4n) is 1.73. The van der Waals surface area contributed by atoms with Crippen molar-refractivity contribution in [2.45, 2.75) is 0 Å². The first-order chi connectivity index (χ1) is 8.36. The average Bonchev–Trinajstić information content (AvgIpc) is 2.83. The van der Waals surface area contributed by atoms with E-state index in [9.17, 15) is 4.79 Å². The molecular weight excluding hydrogens is 214 g/mol. The largest absolute Gasteiger partial charge is 0.288 e. The van der Waals surface area contributed by atoms with Crippen molar-refractivity contribution < 1.29 is 4.79 Å². The van der Waals surface area contributed by atoms with E-state index in [1.165, 1.54) is 0 Å². The topological polar surface area (TPSA) is 47.3 Å². The monoisotopic (exact) mass is 223 g/mol. The van der Waals surface area contributed by atoms with Crippen LogP contribution in [0.3, 0.4) is 0 Å².